The minimum Gasteiger partial charge on any atom is -0.493 e. The Morgan fingerprint density at radius 1 is 1.13 bits per heavy atom. The van der Waals surface area contributed by atoms with Gasteiger partial charge in [-0.05, 0) is 30.0 Å². The maximum atomic E-state index is 12.8. The summed E-state index contributed by atoms with van der Waals surface area (Å²) in [7, 11) is 3.14. The second-order valence-electron chi connectivity index (χ2n) is 6.67. The molecule has 8 nitrogen and oxygen atoms in total. The summed E-state index contributed by atoms with van der Waals surface area (Å²) in [6, 6.07) is 12.9. The first-order chi connectivity index (χ1) is 15.1. The zero-order valence-electron chi connectivity index (χ0n) is 17.7. The molecule has 1 amide bonds. The van der Waals surface area contributed by atoms with E-state index in [1.807, 2.05) is 37.3 Å². The van der Waals surface area contributed by atoms with Gasteiger partial charge in [0.2, 0.25) is 23.2 Å². The summed E-state index contributed by atoms with van der Waals surface area (Å²) in [6.45, 7) is 3.52. The van der Waals surface area contributed by atoms with E-state index in [4.69, 9.17) is 14.2 Å². The number of carbonyl (C=O) groups is 1. The molecule has 0 unspecified atom stereocenters. The lowest BCUT2D eigenvalue weighted by atomic mass is 10.1. The molecule has 3 aromatic rings. The van der Waals surface area contributed by atoms with Crippen LogP contribution in [0, 0.1) is 0 Å². The third-order valence-corrected chi connectivity index (χ3v) is 5.54. The van der Waals surface area contributed by atoms with Crippen molar-refractivity contribution in [3.63, 3.8) is 0 Å². The molecule has 0 N–H and O–H groups in total. The lowest BCUT2D eigenvalue weighted by molar-refractivity contribution is -0.118. The van der Waals surface area contributed by atoms with Crippen LogP contribution in [-0.2, 0) is 4.79 Å². The van der Waals surface area contributed by atoms with Gasteiger partial charge in [-0.3, -0.25) is 9.69 Å². The number of hydrogen-bond acceptors (Lipinski definition) is 8. The topological polar surface area (TPSA) is 86.7 Å². The van der Waals surface area contributed by atoms with E-state index in [0.29, 0.717) is 39.5 Å². The Kier molecular flexibility index (Phi) is 5.94. The van der Waals surface area contributed by atoms with E-state index in [2.05, 4.69) is 15.2 Å². The molecule has 31 heavy (non-hydrogen) atoms. The quantitative estimate of drug-likeness (QED) is 0.550. The van der Waals surface area contributed by atoms with Gasteiger partial charge in [0.25, 0.3) is 0 Å². The number of hydrogen-bond donors (Lipinski definition) is 0. The van der Waals surface area contributed by atoms with Crippen molar-refractivity contribution in [2.45, 2.75) is 25.2 Å². The maximum Gasteiger partial charge on any atom is 0.247 e. The minimum absolute atomic E-state index is 0.184. The van der Waals surface area contributed by atoms with Crippen LogP contribution in [0.4, 0.5) is 5.69 Å². The van der Waals surface area contributed by atoms with E-state index >= 15 is 0 Å². The van der Waals surface area contributed by atoms with E-state index < -0.39 is 6.23 Å². The summed E-state index contributed by atoms with van der Waals surface area (Å²) in [6.07, 6.45) is -0.782. The first-order valence-corrected chi connectivity index (χ1v) is 10.7. The van der Waals surface area contributed by atoms with Gasteiger partial charge in [-0.25, -0.2) is 0 Å². The van der Waals surface area contributed by atoms with Crippen molar-refractivity contribution in [1.29, 1.82) is 0 Å². The Morgan fingerprint density at radius 3 is 2.61 bits per heavy atom. The van der Waals surface area contributed by atoms with Crippen LogP contribution in [0.1, 0.15) is 25.6 Å². The lowest BCUT2D eigenvalue weighted by Crippen LogP contribution is -2.36. The molecule has 1 aliphatic rings. The van der Waals surface area contributed by atoms with Crippen molar-refractivity contribution in [2.24, 2.45) is 0 Å². The van der Waals surface area contributed by atoms with Crippen LogP contribution in [0.5, 0.6) is 17.4 Å². The molecular weight excluding hydrogens is 416 g/mol. The van der Waals surface area contributed by atoms with Crippen LogP contribution in [-0.4, -0.2) is 41.1 Å². The Labute approximate surface area is 184 Å². The zero-order valence-corrected chi connectivity index (χ0v) is 18.5. The second-order valence-corrected chi connectivity index (χ2v) is 7.90. The first kappa shape index (κ1) is 20.9. The Bertz CT molecular complexity index is 1120. The van der Waals surface area contributed by atoms with E-state index in [1.165, 1.54) is 18.7 Å². The van der Waals surface area contributed by atoms with Crippen molar-refractivity contribution >= 4 is 23.4 Å². The van der Waals surface area contributed by atoms with Crippen molar-refractivity contribution in [2.75, 3.05) is 24.9 Å². The van der Waals surface area contributed by atoms with Crippen molar-refractivity contribution in [1.82, 2.24) is 15.2 Å². The van der Waals surface area contributed by atoms with E-state index in [-0.39, 0.29) is 5.91 Å². The molecular formula is C22H22N4O4S. The number of thioether (sulfide) groups is 1. The Morgan fingerprint density at radius 2 is 1.90 bits per heavy atom. The molecule has 2 heterocycles. The average molecular weight is 439 g/mol. The van der Waals surface area contributed by atoms with Crippen LogP contribution in [0.25, 0.3) is 11.3 Å². The van der Waals surface area contributed by atoms with Gasteiger partial charge >= 0.3 is 0 Å². The largest absolute Gasteiger partial charge is 0.493 e. The van der Waals surface area contributed by atoms with E-state index in [9.17, 15) is 4.79 Å². The Balaban J connectivity index is 1.93. The monoisotopic (exact) mass is 438 g/mol. The fourth-order valence-electron chi connectivity index (χ4n) is 3.47. The minimum atomic E-state index is -0.782. The SMILES string of the molecule is CCSc1nnc2c(n1)O[C@H](c1ccc(OC)c(OC)c1)N(C(C)=O)c1ccccc1-2. The number of ether oxygens (including phenoxy) is 3. The molecule has 0 radical (unpaired) electrons. The van der Waals surface area contributed by atoms with Crippen LogP contribution in [0.2, 0.25) is 0 Å². The third kappa shape index (κ3) is 3.88. The summed E-state index contributed by atoms with van der Waals surface area (Å²) >= 11 is 1.47. The van der Waals surface area contributed by atoms with Gasteiger partial charge in [-0.15, -0.1) is 10.2 Å². The van der Waals surface area contributed by atoms with E-state index in [1.54, 1.807) is 31.3 Å². The zero-order chi connectivity index (χ0) is 22.0. The summed E-state index contributed by atoms with van der Waals surface area (Å²) in [4.78, 5) is 19.0. The fraction of sp³-hybridized carbons (Fsp3) is 0.273. The molecule has 0 spiro atoms. The van der Waals surface area contributed by atoms with Crippen molar-refractivity contribution < 1.29 is 19.0 Å². The molecule has 9 heteroatoms. The molecule has 2 aromatic carbocycles. The maximum absolute atomic E-state index is 12.8. The van der Waals surface area contributed by atoms with Gasteiger partial charge in [-0.2, -0.15) is 4.98 Å². The normalized spacial score (nSPS) is 14.7. The van der Waals surface area contributed by atoms with Crippen LogP contribution >= 0.6 is 11.8 Å². The number of nitrogens with zero attached hydrogens (tertiary/aromatic N) is 4. The molecule has 4 rings (SSSR count). The summed E-state index contributed by atoms with van der Waals surface area (Å²) in [5, 5.41) is 9.12. The number of rotatable bonds is 5. The predicted octanol–water partition coefficient (Wildman–Crippen LogP) is 4.11. The van der Waals surface area contributed by atoms with Gasteiger partial charge in [0.15, 0.2) is 17.2 Å². The molecule has 1 aromatic heterocycles. The lowest BCUT2D eigenvalue weighted by Gasteiger charge is -2.30. The molecule has 0 fully saturated rings. The molecule has 0 saturated heterocycles. The van der Waals surface area contributed by atoms with Crippen LogP contribution in [0.15, 0.2) is 47.6 Å². The van der Waals surface area contributed by atoms with Crippen LogP contribution in [0.3, 0.4) is 0 Å². The predicted molar refractivity (Wildman–Crippen MR) is 118 cm³/mol. The highest BCUT2D eigenvalue weighted by atomic mass is 32.2. The molecule has 1 aliphatic heterocycles. The Hall–Kier alpha value is -3.33. The standard InChI is InChI=1S/C22H22N4O4S/c1-5-31-22-23-20-19(24-25-22)15-8-6-7-9-16(15)26(13(2)27)21(30-20)14-10-11-17(28-3)18(12-14)29-4/h6-12,21H,5H2,1-4H3/t21-/m1/s1. The smallest absolute Gasteiger partial charge is 0.247 e. The van der Waals surface area contributed by atoms with Gasteiger partial charge in [0.1, 0.15) is 0 Å². The molecule has 160 valence electrons. The van der Waals surface area contributed by atoms with E-state index in [0.717, 1.165) is 11.3 Å². The molecule has 0 bridgehead atoms. The van der Waals surface area contributed by atoms with Gasteiger partial charge in [0, 0.05) is 18.1 Å². The van der Waals surface area contributed by atoms with Crippen molar-refractivity contribution in [3.8, 4) is 28.6 Å². The molecule has 0 aliphatic carbocycles. The summed E-state index contributed by atoms with van der Waals surface area (Å²) in [5.41, 5.74) is 2.59. The first-order valence-electron chi connectivity index (χ1n) is 9.72. The number of aromatic nitrogens is 3. The average Bonchev–Trinajstić information content (AvgIpc) is 2.93. The summed E-state index contributed by atoms with van der Waals surface area (Å²) in [5.74, 6) is 2.06. The molecule has 1 atom stereocenters. The number of methoxy groups -OCH3 is 2. The fourth-order valence-corrected chi connectivity index (χ4v) is 3.97. The number of para-hydroxylation sites is 1. The van der Waals surface area contributed by atoms with Crippen LogP contribution < -0.4 is 19.1 Å². The molecule has 0 saturated carbocycles. The van der Waals surface area contributed by atoms with Gasteiger partial charge < -0.3 is 14.2 Å². The summed E-state index contributed by atoms with van der Waals surface area (Å²) < 4.78 is 17.2. The highest BCUT2D eigenvalue weighted by Crippen LogP contribution is 2.44. The highest BCUT2D eigenvalue weighted by molar-refractivity contribution is 7.99. The number of anilines is 1. The number of fused-ring (bicyclic) bond motifs is 3. The number of carbonyl (C=O) groups excluding carboxylic acids is 1. The number of benzene rings is 2. The van der Waals surface area contributed by atoms with Crippen molar-refractivity contribution in [3.05, 3.63) is 48.0 Å². The second kappa shape index (κ2) is 8.81. The van der Waals surface area contributed by atoms with Gasteiger partial charge in [-0.1, -0.05) is 36.9 Å². The third-order valence-electron chi connectivity index (χ3n) is 4.82. The number of amides is 1. The highest BCUT2D eigenvalue weighted by Gasteiger charge is 2.35. The van der Waals surface area contributed by atoms with Gasteiger partial charge in [0.05, 0.1) is 19.9 Å².